The standard InChI is InChI=1S/C10H13N5O2/c11-9-14-7-6(12-5-13-7)8(17)15(9)10(4-16)2-1-3-10/h5,16H,1-4H2,(H2,11,14)(H,12,13). The number of aromatic nitrogens is 4. The first kappa shape index (κ1) is 10.3. The first-order valence-electron chi connectivity index (χ1n) is 5.51. The molecule has 7 nitrogen and oxygen atoms in total. The SMILES string of the molecule is Nc1nc2nc[nH]c2c(=O)n1C1(CO)CCC1. The molecule has 2 aromatic heterocycles. The van der Waals surface area contributed by atoms with Gasteiger partial charge in [0.1, 0.15) is 0 Å². The lowest BCUT2D eigenvalue weighted by atomic mass is 9.77. The van der Waals surface area contributed by atoms with Gasteiger partial charge in [-0.1, -0.05) is 0 Å². The molecule has 0 atom stereocenters. The lowest BCUT2D eigenvalue weighted by Gasteiger charge is -2.42. The molecule has 3 rings (SSSR count). The summed E-state index contributed by atoms with van der Waals surface area (Å²) in [6.45, 7) is -0.0988. The number of aliphatic hydroxyl groups excluding tert-OH is 1. The van der Waals surface area contributed by atoms with E-state index in [-0.39, 0.29) is 18.1 Å². The Morgan fingerprint density at radius 2 is 2.35 bits per heavy atom. The van der Waals surface area contributed by atoms with Crippen molar-refractivity contribution in [2.45, 2.75) is 24.8 Å². The van der Waals surface area contributed by atoms with E-state index in [1.807, 2.05) is 0 Å². The van der Waals surface area contributed by atoms with Gasteiger partial charge in [0.25, 0.3) is 5.56 Å². The molecule has 0 saturated heterocycles. The summed E-state index contributed by atoms with van der Waals surface area (Å²) in [7, 11) is 0. The summed E-state index contributed by atoms with van der Waals surface area (Å²) in [6.07, 6.45) is 3.88. The molecule has 1 aliphatic carbocycles. The van der Waals surface area contributed by atoms with Crippen LogP contribution in [-0.2, 0) is 5.54 Å². The second-order valence-electron chi connectivity index (χ2n) is 4.45. The Labute approximate surface area is 96.3 Å². The number of nitrogens with one attached hydrogen (secondary N) is 1. The predicted octanol–water partition coefficient (Wildman–Crippen LogP) is -0.427. The largest absolute Gasteiger partial charge is 0.394 e. The molecular formula is C10H13N5O2. The lowest BCUT2D eigenvalue weighted by Crippen LogP contribution is -2.50. The van der Waals surface area contributed by atoms with Crippen LogP contribution in [0.4, 0.5) is 5.95 Å². The van der Waals surface area contributed by atoms with E-state index in [0.717, 1.165) is 19.3 Å². The molecule has 0 bridgehead atoms. The number of fused-ring (bicyclic) bond motifs is 1. The van der Waals surface area contributed by atoms with Crippen LogP contribution in [0, 0.1) is 0 Å². The summed E-state index contributed by atoms with van der Waals surface area (Å²) in [5.41, 5.74) is 5.61. The maximum absolute atomic E-state index is 12.3. The highest BCUT2D eigenvalue weighted by Crippen LogP contribution is 2.38. The summed E-state index contributed by atoms with van der Waals surface area (Å²) in [5, 5.41) is 9.49. The second-order valence-corrected chi connectivity index (χ2v) is 4.45. The van der Waals surface area contributed by atoms with Crippen molar-refractivity contribution in [2.75, 3.05) is 12.3 Å². The van der Waals surface area contributed by atoms with Crippen molar-refractivity contribution in [1.29, 1.82) is 0 Å². The molecule has 90 valence electrons. The third kappa shape index (κ3) is 1.22. The second kappa shape index (κ2) is 3.30. The van der Waals surface area contributed by atoms with Gasteiger partial charge in [0.2, 0.25) is 5.95 Å². The molecule has 1 aliphatic rings. The molecule has 0 aromatic carbocycles. The average molecular weight is 235 g/mol. The van der Waals surface area contributed by atoms with Gasteiger partial charge in [-0.05, 0) is 19.3 Å². The quantitative estimate of drug-likeness (QED) is 0.654. The van der Waals surface area contributed by atoms with Crippen LogP contribution in [0.15, 0.2) is 11.1 Å². The molecule has 17 heavy (non-hydrogen) atoms. The van der Waals surface area contributed by atoms with Crippen molar-refractivity contribution < 1.29 is 5.11 Å². The smallest absolute Gasteiger partial charge is 0.281 e. The topological polar surface area (TPSA) is 110 Å². The molecule has 2 aromatic rings. The summed E-state index contributed by atoms with van der Waals surface area (Å²) in [5.74, 6) is 0.114. The number of nitrogens with zero attached hydrogens (tertiary/aromatic N) is 3. The van der Waals surface area contributed by atoms with Gasteiger partial charge in [-0.25, -0.2) is 4.98 Å². The van der Waals surface area contributed by atoms with E-state index in [2.05, 4.69) is 15.0 Å². The van der Waals surface area contributed by atoms with Crippen LogP contribution >= 0.6 is 0 Å². The van der Waals surface area contributed by atoms with Gasteiger partial charge in [-0.2, -0.15) is 4.98 Å². The van der Waals surface area contributed by atoms with Crippen molar-refractivity contribution in [3.8, 4) is 0 Å². The number of hydrogen-bond donors (Lipinski definition) is 3. The number of H-pyrrole nitrogens is 1. The maximum atomic E-state index is 12.3. The molecule has 1 saturated carbocycles. The molecular weight excluding hydrogens is 222 g/mol. The van der Waals surface area contributed by atoms with E-state index >= 15 is 0 Å². The number of aromatic amines is 1. The predicted molar refractivity (Wildman–Crippen MR) is 61.5 cm³/mol. The Hall–Kier alpha value is -1.89. The van der Waals surface area contributed by atoms with E-state index in [1.165, 1.54) is 10.9 Å². The van der Waals surface area contributed by atoms with Crippen LogP contribution < -0.4 is 11.3 Å². The van der Waals surface area contributed by atoms with E-state index < -0.39 is 5.54 Å². The number of rotatable bonds is 2. The molecule has 0 amide bonds. The van der Waals surface area contributed by atoms with Gasteiger partial charge >= 0.3 is 0 Å². The first-order valence-corrected chi connectivity index (χ1v) is 5.51. The van der Waals surface area contributed by atoms with Gasteiger partial charge in [0.15, 0.2) is 11.2 Å². The van der Waals surface area contributed by atoms with Gasteiger partial charge in [-0.3, -0.25) is 9.36 Å². The highest BCUT2D eigenvalue weighted by Gasteiger charge is 2.41. The van der Waals surface area contributed by atoms with Crippen LogP contribution in [0.1, 0.15) is 19.3 Å². The van der Waals surface area contributed by atoms with Crippen molar-refractivity contribution in [3.63, 3.8) is 0 Å². The number of aliphatic hydroxyl groups is 1. The van der Waals surface area contributed by atoms with Crippen LogP contribution in [0.2, 0.25) is 0 Å². The fourth-order valence-corrected chi connectivity index (χ4v) is 2.40. The number of nitrogens with two attached hydrogens (primary N) is 1. The fraction of sp³-hybridized carbons (Fsp3) is 0.500. The third-order valence-electron chi connectivity index (χ3n) is 3.54. The Morgan fingerprint density at radius 3 is 2.94 bits per heavy atom. The highest BCUT2D eigenvalue weighted by atomic mass is 16.3. The van der Waals surface area contributed by atoms with Crippen molar-refractivity contribution in [2.24, 2.45) is 0 Å². The Morgan fingerprint density at radius 1 is 1.59 bits per heavy atom. The summed E-state index contributed by atoms with van der Waals surface area (Å²) in [6, 6.07) is 0. The van der Waals surface area contributed by atoms with Gasteiger partial charge in [-0.15, -0.1) is 0 Å². The Kier molecular flexibility index (Phi) is 1.99. The zero-order chi connectivity index (χ0) is 12.0. The van der Waals surface area contributed by atoms with Crippen LogP contribution in [-0.4, -0.2) is 31.2 Å². The number of hydrogen-bond acceptors (Lipinski definition) is 5. The number of anilines is 1. The van der Waals surface area contributed by atoms with Crippen LogP contribution in [0.5, 0.6) is 0 Å². The highest BCUT2D eigenvalue weighted by molar-refractivity contribution is 5.69. The molecule has 4 N–H and O–H groups in total. The van der Waals surface area contributed by atoms with Crippen molar-refractivity contribution >= 4 is 17.1 Å². The van der Waals surface area contributed by atoms with Gasteiger partial charge in [0, 0.05) is 0 Å². The molecule has 7 heteroatoms. The number of imidazole rings is 1. The van der Waals surface area contributed by atoms with E-state index in [0.29, 0.717) is 11.2 Å². The molecule has 0 spiro atoms. The molecule has 2 heterocycles. The average Bonchev–Trinajstić information content (AvgIpc) is 2.69. The van der Waals surface area contributed by atoms with E-state index in [1.54, 1.807) is 0 Å². The molecule has 0 aliphatic heterocycles. The normalized spacial score (nSPS) is 18.2. The van der Waals surface area contributed by atoms with Gasteiger partial charge < -0.3 is 15.8 Å². The van der Waals surface area contributed by atoms with E-state index in [9.17, 15) is 9.90 Å². The van der Waals surface area contributed by atoms with Crippen molar-refractivity contribution in [3.05, 3.63) is 16.7 Å². The summed E-state index contributed by atoms with van der Waals surface area (Å²) >= 11 is 0. The van der Waals surface area contributed by atoms with Gasteiger partial charge in [0.05, 0.1) is 18.5 Å². The lowest BCUT2D eigenvalue weighted by molar-refractivity contribution is 0.0537. The minimum atomic E-state index is -0.576. The van der Waals surface area contributed by atoms with Crippen LogP contribution in [0.25, 0.3) is 11.2 Å². The first-order chi connectivity index (χ1) is 8.18. The summed E-state index contributed by atoms with van der Waals surface area (Å²) < 4.78 is 1.40. The third-order valence-corrected chi connectivity index (χ3v) is 3.54. The zero-order valence-corrected chi connectivity index (χ0v) is 9.18. The molecule has 0 radical (unpaired) electrons. The van der Waals surface area contributed by atoms with Crippen LogP contribution in [0.3, 0.4) is 0 Å². The fourth-order valence-electron chi connectivity index (χ4n) is 2.40. The Bertz CT molecular complexity index is 620. The minimum absolute atomic E-state index is 0.0988. The van der Waals surface area contributed by atoms with E-state index in [4.69, 9.17) is 5.73 Å². The molecule has 0 unspecified atom stereocenters. The summed E-state index contributed by atoms with van der Waals surface area (Å²) in [4.78, 5) is 23.0. The Balaban J connectivity index is 2.32. The number of nitrogen functional groups attached to an aromatic ring is 1. The maximum Gasteiger partial charge on any atom is 0.281 e. The zero-order valence-electron chi connectivity index (χ0n) is 9.18. The molecule has 1 fully saturated rings. The monoisotopic (exact) mass is 235 g/mol. The van der Waals surface area contributed by atoms with Crippen molar-refractivity contribution in [1.82, 2.24) is 19.5 Å². The minimum Gasteiger partial charge on any atom is -0.394 e.